The molecule has 0 radical (unpaired) electrons. The maximum atomic E-state index is 12.4. The molecule has 1 rings (SSSR count). The van der Waals surface area contributed by atoms with Gasteiger partial charge in [-0.2, -0.15) is 13.2 Å². The van der Waals surface area contributed by atoms with Gasteiger partial charge >= 0.3 is 6.18 Å². The molecule has 0 saturated carbocycles. The standard InChI is InChI=1S/C10H10F3NO2/c1-16-9-3-2-6(10(11,12)13)4-7(9)8(15)5-14/h2-4H,5,14H2,1H3. The third kappa shape index (κ3) is 2.52. The molecule has 0 fully saturated rings. The number of carbonyl (C=O) groups is 1. The van der Waals surface area contributed by atoms with Crippen molar-refractivity contribution in [2.75, 3.05) is 13.7 Å². The van der Waals surface area contributed by atoms with Gasteiger partial charge in [0.15, 0.2) is 5.78 Å². The minimum Gasteiger partial charge on any atom is -0.496 e. The lowest BCUT2D eigenvalue weighted by Gasteiger charge is -2.11. The van der Waals surface area contributed by atoms with Crippen molar-refractivity contribution >= 4 is 5.78 Å². The largest absolute Gasteiger partial charge is 0.496 e. The van der Waals surface area contributed by atoms with Crippen molar-refractivity contribution in [2.24, 2.45) is 5.73 Å². The minimum absolute atomic E-state index is 0.0865. The van der Waals surface area contributed by atoms with Gasteiger partial charge in [-0.3, -0.25) is 4.79 Å². The van der Waals surface area contributed by atoms with Gasteiger partial charge < -0.3 is 10.5 Å². The van der Waals surface area contributed by atoms with Crippen LogP contribution in [-0.4, -0.2) is 19.4 Å². The number of benzene rings is 1. The molecule has 3 nitrogen and oxygen atoms in total. The second kappa shape index (κ2) is 4.52. The molecule has 0 aliphatic carbocycles. The van der Waals surface area contributed by atoms with Crippen molar-refractivity contribution in [3.63, 3.8) is 0 Å². The molecule has 0 heterocycles. The Morgan fingerprint density at radius 3 is 2.50 bits per heavy atom. The molecule has 1 aromatic rings. The zero-order valence-corrected chi connectivity index (χ0v) is 8.47. The quantitative estimate of drug-likeness (QED) is 0.810. The number of ketones is 1. The normalized spacial score (nSPS) is 11.3. The molecule has 0 saturated heterocycles. The predicted molar refractivity (Wildman–Crippen MR) is 51.4 cm³/mol. The lowest BCUT2D eigenvalue weighted by molar-refractivity contribution is -0.137. The highest BCUT2D eigenvalue weighted by Gasteiger charge is 2.31. The van der Waals surface area contributed by atoms with E-state index in [0.29, 0.717) is 0 Å². The van der Waals surface area contributed by atoms with Gasteiger partial charge in [-0.1, -0.05) is 0 Å². The SMILES string of the molecule is COc1ccc(C(F)(F)F)cc1C(=O)CN. The van der Waals surface area contributed by atoms with Crippen LogP contribution >= 0.6 is 0 Å². The Kier molecular flexibility index (Phi) is 3.54. The van der Waals surface area contributed by atoms with Crippen LogP contribution in [0.4, 0.5) is 13.2 Å². The molecule has 0 aromatic heterocycles. The van der Waals surface area contributed by atoms with Crippen molar-refractivity contribution in [1.82, 2.24) is 0 Å². The summed E-state index contributed by atoms with van der Waals surface area (Å²) in [5.41, 5.74) is 4.05. The summed E-state index contributed by atoms with van der Waals surface area (Å²) in [5.74, 6) is -0.508. The van der Waals surface area contributed by atoms with E-state index in [1.165, 1.54) is 7.11 Å². The molecular formula is C10H10F3NO2. The summed E-state index contributed by atoms with van der Waals surface area (Å²) in [7, 11) is 1.27. The van der Waals surface area contributed by atoms with Crippen LogP contribution in [-0.2, 0) is 6.18 Å². The van der Waals surface area contributed by atoms with E-state index in [1.54, 1.807) is 0 Å². The van der Waals surface area contributed by atoms with Gasteiger partial charge in [0.25, 0.3) is 0 Å². The van der Waals surface area contributed by atoms with Crippen LogP contribution in [0.2, 0.25) is 0 Å². The van der Waals surface area contributed by atoms with E-state index in [0.717, 1.165) is 18.2 Å². The van der Waals surface area contributed by atoms with Crippen molar-refractivity contribution < 1.29 is 22.7 Å². The number of methoxy groups -OCH3 is 1. The van der Waals surface area contributed by atoms with E-state index < -0.39 is 17.5 Å². The Labute approximate surface area is 90.0 Å². The van der Waals surface area contributed by atoms with E-state index in [9.17, 15) is 18.0 Å². The molecule has 0 unspecified atom stereocenters. The van der Waals surface area contributed by atoms with Crippen LogP contribution < -0.4 is 10.5 Å². The Bertz CT molecular complexity index is 402. The molecule has 0 spiro atoms. The molecule has 2 N–H and O–H groups in total. The first-order chi connectivity index (χ1) is 7.40. The van der Waals surface area contributed by atoms with Gasteiger partial charge in [0, 0.05) is 0 Å². The summed E-state index contributed by atoms with van der Waals surface area (Å²) < 4.78 is 42.0. The maximum absolute atomic E-state index is 12.4. The zero-order valence-electron chi connectivity index (χ0n) is 8.47. The van der Waals surface area contributed by atoms with Crippen LogP contribution in [0, 0.1) is 0 Å². The Morgan fingerprint density at radius 1 is 1.44 bits per heavy atom. The number of hydrogen-bond acceptors (Lipinski definition) is 3. The number of carbonyl (C=O) groups excluding carboxylic acids is 1. The summed E-state index contributed by atoms with van der Waals surface area (Å²) in [6.45, 7) is -0.363. The molecule has 0 bridgehead atoms. The number of nitrogens with two attached hydrogens (primary N) is 1. The average Bonchev–Trinajstić information content (AvgIpc) is 2.25. The number of alkyl halides is 3. The van der Waals surface area contributed by atoms with Crippen LogP contribution in [0.15, 0.2) is 18.2 Å². The van der Waals surface area contributed by atoms with Crippen molar-refractivity contribution in [1.29, 1.82) is 0 Å². The number of Topliss-reactive ketones (excluding diaryl/α,β-unsaturated/α-hetero) is 1. The highest BCUT2D eigenvalue weighted by Crippen LogP contribution is 2.32. The molecule has 0 amide bonds. The molecular weight excluding hydrogens is 223 g/mol. The third-order valence-corrected chi connectivity index (χ3v) is 2.01. The van der Waals surface area contributed by atoms with Crippen LogP contribution in [0.25, 0.3) is 0 Å². The number of ether oxygens (including phenoxy) is 1. The highest BCUT2D eigenvalue weighted by atomic mass is 19.4. The van der Waals surface area contributed by atoms with Crippen LogP contribution in [0.3, 0.4) is 0 Å². The van der Waals surface area contributed by atoms with Gasteiger partial charge in [-0.15, -0.1) is 0 Å². The molecule has 0 atom stereocenters. The van der Waals surface area contributed by atoms with Gasteiger partial charge in [0.05, 0.1) is 24.8 Å². The van der Waals surface area contributed by atoms with Crippen molar-refractivity contribution in [2.45, 2.75) is 6.18 Å². The fraction of sp³-hybridized carbons (Fsp3) is 0.300. The third-order valence-electron chi connectivity index (χ3n) is 2.01. The van der Waals surface area contributed by atoms with Crippen molar-refractivity contribution in [3.05, 3.63) is 29.3 Å². The van der Waals surface area contributed by atoms with E-state index in [1.807, 2.05) is 0 Å². The number of rotatable bonds is 3. The fourth-order valence-corrected chi connectivity index (χ4v) is 1.21. The second-order valence-electron chi connectivity index (χ2n) is 3.04. The molecule has 0 aliphatic heterocycles. The molecule has 0 aliphatic rings. The van der Waals surface area contributed by atoms with E-state index >= 15 is 0 Å². The van der Waals surface area contributed by atoms with Crippen molar-refractivity contribution in [3.8, 4) is 5.75 Å². The number of hydrogen-bond donors (Lipinski definition) is 1. The van der Waals surface area contributed by atoms with Gasteiger partial charge in [0.2, 0.25) is 0 Å². The molecule has 16 heavy (non-hydrogen) atoms. The van der Waals surface area contributed by atoms with E-state index in [4.69, 9.17) is 10.5 Å². The minimum atomic E-state index is -4.49. The highest BCUT2D eigenvalue weighted by molar-refractivity contribution is 6.00. The monoisotopic (exact) mass is 233 g/mol. The first-order valence-corrected chi connectivity index (χ1v) is 4.38. The molecule has 88 valence electrons. The first-order valence-electron chi connectivity index (χ1n) is 4.38. The summed E-state index contributed by atoms with van der Waals surface area (Å²) in [5, 5.41) is 0. The van der Waals surface area contributed by atoms with E-state index in [2.05, 4.69) is 0 Å². The average molecular weight is 233 g/mol. The van der Waals surface area contributed by atoms with Gasteiger partial charge in [-0.05, 0) is 18.2 Å². The fourth-order valence-electron chi connectivity index (χ4n) is 1.21. The molecule has 6 heteroatoms. The summed E-state index contributed by atoms with van der Waals surface area (Å²) >= 11 is 0. The smallest absolute Gasteiger partial charge is 0.416 e. The maximum Gasteiger partial charge on any atom is 0.416 e. The second-order valence-corrected chi connectivity index (χ2v) is 3.04. The first kappa shape index (κ1) is 12.5. The topological polar surface area (TPSA) is 52.3 Å². The van der Waals surface area contributed by atoms with Crippen LogP contribution in [0.5, 0.6) is 5.75 Å². The number of halogens is 3. The predicted octanol–water partition coefficient (Wildman–Crippen LogP) is 1.86. The lowest BCUT2D eigenvalue weighted by atomic mass is 10.1. The Hall–Kier alpha value is -1.56. The molecule has 1 aromatic carbocycles. The Morgan fingerprint density at radius 2 is 2.06 bits per heavy atom. The van der Waals surface area contributed by atoms with Crippen LogP contribution in [0.1, 0.15) is 15.9 Å². The lowest BCUT2D eigenvalue weighted by Crippen LogP contribution is -2.16. The zero-order chi connectivity index (χ0) is 12.3. The summed E-state index contributed by atoms with van der Waals surface area (Å²) in [6.07, 6.45) is -4.49. The summed E-state index contributed by atoms with van der Waals surface area (Å²) in [4.78, 5) is 11.3. The van der Waals surface area contributed by atoms with Gasteiger partial charge in [-0.25, -0.2) is 0 Å². The Balaban J connectivity index is 3.27. The van der Waals surface area contributed by atoms with E-state index in [-0.39, 0.29) is 17.9 Å². The van der Waals surface area contributed by atoms with Gasteiger partial charge in [0.1, 0.15) is 5.75 Å². The summed E-state index contributed by atoms with van der Waals surface area (Å²) in [6, 6.07) is 2.70.